The summed E-state index contributed by atoms with van der Waals surface area (Å²) in [6.45, 7) is 0.821. The summed E-state index contributed by atoms with van der Waals surface area (Å²) in [5.41, 5.74) is 8.55. The van der Waals surface area contributed by atoms with Crippen molar-refractivity contribution < 1.29 is 14.4 Å². The number of fused-ring (bicyclic) bond motifs is 1. The number of likely N-dealkylation sites (tertiary alicyclic amines) is 1. The van der Waals surface area contributed by atoms with Crippen LogP contribution in [0.2, 0.25) is 0 Å². The average molecular weight is 338 g/mol. The van der Waals surface area contributed by atoms with Crippen molar-refractivity contribution in [3.8, 4) is 0 Å². The molecular formula is C16H20ClN3O3. The molecule has 2 aliphatic heterocycles. The van der Waals surface area contributed by atoms with Crippen molar-refractivity contribution in [2.24, 2.45) is 0 Å². The third kappa shape index (κ3) is 3.32. The number of hydrogen-bond acceptors (Lipinski definition) is 4. The fourth-order valence-corrected chi connectivity index (χ4v) is 3.13. The summed E-state index contributed by atoms with van der Waals surface area (Å²) in [5, 5.41) is 0. The van der Waals surface area contributed by atoms with E-state index in [1.54, 1.807) is 4.90 Å². The van der Waals surface area contributed by atoms with E-state index in [1.807, 2.05) is 18.2 Å². The molecule has 0 aliphatic carbocycles. The van der Waals surface area contributed by atoms with Gasteiger partial charge in [0.2, 0.25) is 17.7 Å². The molecule has 3 rings (SSSR count). The highest BCUT2D eigenvalue weighted by molar-refractivity contribution is 6.02. The van der Waals surface area contributed by atoms with E-state index in [2.05, 4.69) is 0 Å². The van der Waals surface area contributed by atoms with Crippen LogP contribution in [-0.4, -0.2) is 35.7 Å². The van der Waals surface area contributed by atoms with Gasteiger partial charge >= 0.3 is 0 Å². The van der Waals surface area contributed by atoms with E-state index < -0.39 is 0 Å². The predicted molar refractivity (Wildman–Crippen MR) is 89.3 cm³/mol. The maximum atomic E-state index is 12.5. The van der Waals surface area contributed by atoms with Gasteiger partial charge in [-0.05, 0) is 30.5 Å². The number of nitrogens with zero attached hydrogens (tertiary/aromatic N) is 2. The van der Waals surface area contributed by atoms with E-state index in [1.165, 1.54) is 4.90 Å². The molecule has 0 radical (unpaired) electrons. The molecule has 124 valence electrons. The van der Waals surface area contributed by atoms with Crippen LogP contribution in [0.4, 0.5) is 11.4 Å². The zero-order valence-corrected chi connectivity index (χ0v) is 13.6. The first-order valence-corrected chi connectivity index (χ1v) is 7.59. The Morgan fingerprint density at radius 2 is 1.83 bits per heavy atom. The van der Waals surface area contributed by atoms with Gasteiger partial charge in [-0.1, -0.05) is 6.07 Å². The summed E-state index contributed by atoms with van der Waals surface area (Å²) in [7, 11) is 0. The quantitative estimate of drug-likeness (QED) is 0.669. The van der Waals surface area contributed by atoms with Gasteiger partial charge in [0.05, 0.1) is 0 Å². The summed E-state index contributed by atoms with van der Waals surface area (Å²) in [6, 6.07) is 5.58. The van der Waals surface area contributed by atoms with E-state index >= 15 is 0 Å². The molecule has 0 aromatic heterocycles. The summed E-state index contributed by atoms with van der Waals surface area (Å²) < 4.78 is 0. The second-order valence-electron chi connectivity index (χ2n) is 5.68. The second kappa shape index (κ2) is 7.00. The van der Waals surface area contributed by atoms with Crippen molar-refractivity contribution in [3.05, 3.63) is 23.8 Å². The summed E-state index contributed by atoms with van der Waals surface area (Å²) in [6.07, 6.45) is 2.42. The first-order valence-electron chi connectivity index (χ1n) is 7.59. The van der Waals surface area contributed by atoms with E-state index in [9.17, 15) is 14.4 Å². The number of rotatable bonds is 3. The number of amides is 3. The number of carbonyl (C=O) groups is 3. The SMILES string of the molecule is Cl.Nc1cccc2c1CCCN2C(=O)CCN1C(=O)CCC1=O. The number of anilines is 2. The number of benzene rings is 1. The van der Waals surface area contributed by atoms with E-state index in [0.29, 0.717) is 12.2 Å². The maximum Gasteiger partial charge on any atom is 0.229 e. The van der Waals surface area contributed by atoms with Crippen molar-refractivity contribution in [3.63, 3.8) is 0 Å². The molecule has 1 aromatic rings. The minimum atomic E-state index is -0.180. The standard InChI is InChI=1S/C16H19N3O3.ClH/c17-12-4-1-5-13-11(12)3-2-9-18(13)16(22)8-10-19-14(20)6-7-15(19)21;/h1,4-5H,2-3,6-10,17H2;1H. The molecule has 7 heteroatoms. The minimum Gasteiger partial charge on any atom is -0.398 e. The lowest BCUT2D eigenvalue weighted by molar-refractivity contribution is -0.138. The number of imide groups is 1. The highest BCUT2D eigenvalue weighted by Gasteiger charge is 2.30. The first-order chi connectivity index (χ1) is 10.6. The smallest absolute Gasteiger partial charge is 0.229 e. The molecule has 0 spiro atoms. The van der Waals surface area contributed by atoms with Gasteiger partial charge in [0, 0.05) is 43.7 Å². The van der Waals surface area contributed by atoms with Gasteiger partial charge in [-0.15, -0.1) is 12.4 Å². The molecule has 6 nitrogen and oxygen atoms in total. The molecule has 0 saturated carbocycles. The second-order valence-corrected chi connectivity index (χ2v) is 5.68. The Bertz CT molecular complexity index is 631. The van der Waals surface area contributed by atoms with Crippen LogP contribution >= 0.6 is 12.4 Å². The van der Waals surface area contributed by atoms with Crippen molar-refractivity contribution in [1.82, 2.24) is 4.90 Å². The Hall–Kier alpha value is -2.08. The topological polar surface area (TPSA) is 83.7 Å². The Balaban J connectivity index is 0.00000192. The molecule has 2 aliphatic rings. The molecule has 1 aromatic carbocycles. The molecule has 23 heavy (non-hydrogen) atoms. The van der Waals surface area contributed by atoms with Gasteiger partial charge in [0.15, 0.2) is 0 Å². The van der Waals surface area contributed by atoms with Crippen LogP contribution < -0.4 is 10.6 Å². The zero-order valence-electron chi connectivity index (χ0n) is 12.8. The first kappa shape index (κ1) is 17.3. The van der Waals surface area contributed by atoms with Gasteiger partial charge in [-0.3, -0.25) is 19.3 Å². The van der Waals surface area contributed by atoms with Crippen LogP contribution in [0.1, 0.15) is 31.2 Å². The lowest BCUT2D eigenvalue weighted by Crippen LogP contribution is -2.39. The molecular weight excluding hydrogens is 318 g/mol. The van der Waals surface area contributed by atoms with Crippen molar-refractivity contribution in [2.75, 3.05) is 23.7 Å². The van der Waals surface area contributed by atoms with Crippen LogP contribution in [0.3, 0.4) is 0 Å². The van der Waals surface area contributed by atoms with Crippen molar-refractivity contribution in [1.29, 1.82) is 0 Å². The van der Waals surface area contributed by atoms with E-state index in [4.69, 9.17) is 5.73 Å². The lowest BCUT2D eigenvalue weighted by Gasteiger charge is -2.30. The number of hydrogen-bond donors (Lipinski definition) is 1. The number of nitrogen functional groups attached to an aromatic ring is 1. The normalized spacial score (nSPS) is 17.0. The maximum absolute atomic E-state index is 12.5. The molecule has 2 N–H and O–H groups in total. The largest absolute Gasteiger partial charge is 0.398 e. The highest BCUT2D eigenvalue weighted by atomic mass is 35.5. The molecule has 1 saturated heterocycles. The van der Waals surface area contributed by atoms with Gasteiger partial charge in [-0.2, -0.15) is 0 Å². The third-order valence-electron chi connectivity index (χ3n) is 4.29. The third-order valence-corrected chi connectivity index (χ3v) is 4.29. The number of carbonyl (C=O) groups excluding carboxylic acids is 3. The van der Waals surface area contributed by atoms with Gasteiger partial charge in [0.25, 0.3) is 0 Å². The summed E-state index contributed by atoms with van der Waals surface area (Å²) >= 11 is 0. The Labute approximate surface area is 141 Å². The van der Waals surface area contributed by atoms with Crippen molar-refractivity contribution in [2.45, 2.75) is 32.1 Å². The Morgan fingerprint density at radius 3 is 2.52 bits per heavy atom. The number of halogens is 1. The Morgan fingerprint density at radius 1 is 1.13 bits per heavy atom. The molecule has 2 heterocycles. The van der Waals surface area contributed by atoms with E-state index in [0.717, 1.165) is 24.1 Å². The monoisotopic (exact) mass is 337 g/mol. The molecule has 3 amide bonds. The molecule has 0 unspecified atom stereocenters. The minimum absolute atomic E-state index is 0. The van der Waals surface area contributed by atoms with Gasteiger partial charge < -0.3 is 10.6 Å². The average Bonchev–Trinajstić information content (AvgIpc) is 2.83. The lowest BCUT2D eigenvalue weighted by atomic mass is 9.99. The van der Waals surface area contributed by atoms with Crippen LogP contribution in [0.25, 0.3) is 0 Å². The zero-order chi connectivity index (χ0) is 15.7. The van der Waals surface area contributed by atoms with Crippen LogP contribution in [-0.2, 0) is 20.8 Å². The van der Waals surface area contributed by atoms with Crippen LogP contribution in [0, 0.1) is 0 Å². The fraction of sp³-hybridized carbons (Fsp3) is 0.438. The van der Waals surface area contributed by atoms with Crippen LogP contribution in [0.5, 0.6) is 0 Å². The van der Waals surface area contributed by atoms with Crippen LogP contribution in [0.15, 0.2) is 18.2 Å². The van der Waals surface area contributed by atoms with E-state index in [-0.39, 0.29) is 55.9 Å². The highest BCUT2D eigenvalue weighted by Crippen LogP contribution is 2.31. The molecule has 0 atom stereocenters. The Kier molecular flexibility index (Phi) is 5.26. The molecule has 1 fully saturated rings. The fourth-order valence-electron chi connectivity index (χ4n) is 3.13. The van der Waals surface area contributed by atoms with Gasteiger partial charge in [-0.25, -0.2) is 0 Å². The summed E-state index contributed by atoms with van der Waals surface area (Å²) in [5.74, 6) is -0.429. The number of nitrogens with two attached hydrogens (primary N) is 1. The van der Waals surface area contributed by atoms with Gasteiger partial charge in [0.1, 0.15) is 0 Å². The molecule has 0 bridgehead atoms. The predicted octanol–water partition coefficient (Wildman–Crippen LogP) is 1.51. The van der Waals surface area contributed by atoms with Crippen molar-refractivity contribution >= 4 is 41.5 Å². The summed E-state index contributed by atoms with van der Waals surface area (Å²) in [4.78, 5) is 38.6.